The number of hydrogen-bond acceptors (Lipinski definition) is 5. The Morgan fingerprint density at radius 1 is 1.04 bits per heavy atom. The first-order valence-electron chi connectivity index (χ1n) is 6.87. The normalized spacial score (nSPS) is 13.5. The Balaban J connectivity index is 1.93. The molecule has 1 aliphatic heterocycles. The van der Waals surface area contributed by atoms with Gasteiger partial charge in [0.25, 0.3) is 10.0 Å². The number of ether oxygens (including phenoxy) is 3. The van der Waals surface area contributed by atoms with Gasteiger partial charge in [-0.05, 0) is 24.3 Å². The van der Waals surface area contributed by atoms with Crippen LogP contribution in [0.4, 0.5) is 5.69 Å². The molecule has 0 saturated heterocycles. The van der Waals surface area contributed by atoms with Crippen molar-refractivity contribution in [2.75, 3.05) is 25.0 Å². The van der Waals surface area contributed by atoms with Crippen LogP contribution >= 0.6 is 23.2 Å². The molecule has 0 fully saturated rings. The number of rotatable bonds is 4. The highest BCUT2D eigenvalue weighted by atomic mass is 35.5. The second-order valence-corrected chi connectivity index (χ2v) is 7.26. The van der Waals surface area contributed by atoms with Crippen LogP contribution in [-0.4, -0.2) is 28.7 Å². The molecule has 1 aliphatic rings. The van der Waals surface area contributed by atoms with E-state index in [1.165, 1.54) is 19.2 Å². The van der Waals surface area contributed by atoms with Crippen molar-refractivity contribution < 1.29 is 22.6 Å². The third-order valence-electron chi connectivity index (χ3n) is 3.32. The van der Waals surface area contributed by atoms with Gasteiger partial charge in [0.1, 0.15) is 28.9 Å². The fraction of sp³-hybridized carbons (Fsp3) is 0.200. The molecule has 0 spiro atoms. The van der Waals surface area contributed by atoms with Gasteiger partial charge in [0.15, 0.2) is 11.5 Å². The highest BCUT2D eigenvalue weighted by Crippen LogP contribution is 2.38. The Labute approximate surface area is 149 Å². The molecule has 2 aromatic rings. The number of halogens is 2. The maximum absolute atomic E-state index is 12.6. The highest BCUT2D eigenvalue weighted by molar-refractivity contribution is 7.92. The number of fused-ring (bicyclic) bond motifs is 1. The molecule has 6 nitrogen and oxygen atoms in total. The summed E-state index contributed by atoms with van der Waals surface area (Å²) in [6.07, 6.45) is 0. The van der Waals surface area contributed by atoms with Gasteiger partial charge in [0.2, 0.25) is 0 Å². The van der Waals surface area contributed by atoms with E-state index in [1.807, 2.05) is 0 Å². The standard InChI is InChI=1S/C15H13Cl2NO5S/c1-21-11-4-5-13(15(17)14(11)16)24(19,20)18-9-2-3-10-12(8-9)23-7-6-22-10/h2-5,8,18H,6-7H2,1H3. The second-order valence-electron chi connectivity index (χ2n) is 4.86. The van der Waals surface area contributed by atoms with Gasteiger partial charge in [0, 0.05) is 6.07 Å². The molecule has 0 saturated carbocycles. The van der Waals surface area contributed by atoms with E-state index in [0.29, 0.717) is 36.1 Å². The largest absolute Gasteiger partial charge is 0.495 e. The quantitative estimate of drug-likeness (QED) is 0.864. The first kappa shape index (κ1) is 17.0. The molecule has 0 bridgehead atoms. The zero-order chi connectivity index (χ0) is 17.3. The van der Waals surface area contributed by atoms with Gasteiger partial charge in [-0.15, -0.1) is 0 Å². The average Bonchev–Trinajstić information content (AvgIpc) is 2.56. The van der Waals surface area contributed by atoms with Gasteiger partial charge >= 0.3 is 0 Å². The van der Waals surface area contributed by atoms with Crippen molar-refractivity contribution in [1.29, 1.82) is 0 Å². The SMILES string of the molecule is COc1ccc(S(=O)(=O)Nc2ccc3c(c2)OCCO3)c(Cl)c1Cl. The van der Waals surface area contributed by atoms with Gasteiger partial charge in [-0.3, -0.25) is 4.72 Å². The number of hydrogen-bond donors (Lipinski definition) is 1. The zero-order valence-corrected chi connectivity index (χ0v) is 14.8. The summed E-state index contributed by atoms with van der Waals surface area (Å²) < 4.78 is 43.4. The minimum atomic E-state index is -3.94. The van der Waals surface area contributed by atoms with E-state index in [0.717, 1.165) is 0 Å². The van der Waals surface area contributed by atoms with Crippen LogP contribution in [-0.2, 0) is 10.0 Å². The summed E-state index contributed by atoms with van der Waals surface area (Å²) in [6.45, 7) is 0.862. The summed E-state index contributed by atoms with van der Waals surface area (Å²) in [5.74, 6) is 1.33. The zero-order valence-electron chi connectivity index (χ0n) is 12.5. The van der Waals surface area contributed by atoms with Crippen molar-refractivity contribution in [1.82, 2.24) is 0 Å². The molecule has 1 N–H and O–H groups in total. The van der Waals surface area contributed by atoms with Crippen LogP contribution in [0.1, 0.15) is 0 Å². The van der Waals surface area contributed by atoms with Crippen LogP contribution in [0, 0.1) is 0 Å². The molecule has 2 aromatic carbocycles. The van der Waals surface area contributed by atoms with Crippen LogP contribution in [0.3, 0.4) is 0 Å². The molecular weight excluding hydrogens is 377 g/mol. The molecule has 9 heteroatoms. The van der Waals surface area contributed by atoms with E-state index < -0.39 is 10.0 Å². The predicted molar refractivity (Wildman–Crippen MR) is 91.3 cm³/mol. The Morgan fingerprint density at radius 3 is 2.46 bits per heavy atom. The van der Waals surface area contributed by atoms with E-state index in [9.17, 15) is 8.42 Å². The van der Waals surface area contributed by atoms with Crippen LogP contribution in [0.5, 0.6) is 17.2 Å². The van der Waals surface area contributed by atoms with Crippen molar-refractivity contribution in [3.63, 3.8) is 0 Å². The predicted octanol–water partition coefficient (Wildman–Crippen LogP) is 3.57. The molecule has 128 valence electrons. The smallest absolute Gasteiger partial charge is 0.263 e. The summed E-state index contributed by atoms with van der Waals surface area (Å²) in [5.41, 5.74) is 0.322. The average molecular weight is 390 g/mol. The molecule has 0 aromatic heterocycles. The number of benzene rings is 2. The number of sulfonamides is 1. The Kier molecular flexibility index (Phi) is 4.67. The second kappa shape index (κ2) is 6.58. The third-order valence-corrected chi connectivity index (χ3v) is 5.72. The van der Waals surface area contributed by atoms with Gasteiger partial charge in [0.05, 0.1) is 17.8 Å². The maximum atomic E-state index is 12.6. The number of methoxy groups -OCH3 is 1. The van der Waals surface area contributed by atoms with E-state index in [4.69, 9.17) is 37.4 Å². The lowest BCUT2D eigenvalue weighted by molar-refractivity contribution is 0.171. The Bertz CT molecular complexity index is 886. The van der Waals surface area contributed by atoms with Crippen LogP contribution in [0.2, 0.25) is 10.0 Å². The monoisotopic (exact) mass is 389 g/mol. The number of nitrogens with one attached hydrogen (secondary N) is 1. The molecule has 0 unspecified atom stereocenters. The minimum Gasteiger partial charge on any atom is -0.495 e. The first-order valence-corrected chi connectivity index (χ1v) is 9.11. The first-order chi connectivity index (χ1) is 11.4. The van der Waals surface area contributed by atoms with Crippen molar-refractivity contribution in [3.8, 4) is 17.2 Å². The van der Waals surface area contributed by atoms with Crippen LogP contribution in [0.25, 0.3) is 0 Å². The molecular formula is C15H13Cl2NO5S. The topological polar surface area (TPSA) is 73.9 Å². The molecule has 1 heterocycles. The van der Waals surface area contributed by atoms with Crippen molar-refractivity contribution in [2.24, 2.45) is 0 Å². The van der Waals surface area contributed by atoms with Gasteiger partial charge < -0.3 is 14.2 Å². The van der Waals surface area contributed by atoms with E-state index in [2.05, 4.69) is 4.72 Å². The molecule has 24 heavy (non-hydrogen) atoms. The van der Waals surface area contributed by atoms with Crippen molar-refractivity contribution in [3.05, 3.63) is 40.4 Å². The lowest BCUT2D eigenvalue weighted by Gasteiger charge is -2.19. The molecule has 0 aliphatic carbocycles. The number of anilines is 1. The molecule has 0 atom stereocenters. The van der Waals surface area contributed by atoms with Crippen LogP contribution < -0.4 is 18.9 Å². The summed E-state index contributed by atoms with van der Waals surface area (Å²) in [5, 5.41) is -0.0784. The minimum absolute atomic E-state index is 0.0317. The Morgan fingerprint density at radius 2 is 1.75 bits per heavy atom. The van der Waals surface area contributed by atoms with Crippen molar-refractivity contribution >= 4 is 38.9 Å². The summed E-state index contributed by atoms with van der Waals surface area (Å²) in [7, 11) is -2.52. The molecule has 0 radical (unpaired) electrons. The molecule has 3 rings (SSSR count). The fourth-order valence-electron chi connectivity index (χ4n) is 2.20. The van der Waals surface area contributed by atoms with Gasteiger partial charge in [-0.25, -0.2) is 8.42 Å². The van der Waals surface area contributed by atoms with E-state index in [-0.39, 0.29) is 14.9 Å². The van der Waals surface area contributed by atoms with E-state index >= 15 is 0 Å². The van der Waals surface area contributed by atoms with Gasteiger partial charge in [-0.1, -0.05) is 23.2 Å². The van der Waals surface area contributed by atoms with Gasteiger partial charge in [-0.2, -0.15) is 0 Å². The summed E-state index contributed by atoms with van der Waals surface area (Å²) in [6, 6.07) is 7.52. The van der Waals surface area contributed by atoms with Crippen molar-refractivity contribution in [2.45, 2.75) is 4.90 Å². The van der Waals surface area contributed by atoms with E-state index in [1.54, 1.807) is 18.2 Å². The molecule has 0 amide bonds. The lowest BCUT2D eigenvalue weighted by Crippen LogP contribution is -2.17. The highest BCUT2D eigenvalue weighted by Gasteiger charge is 2.23. The summed E-state index contributed by atoms with van der Waals surface area (Å²) >= 11 is 12.1. The van der Waals surface area contributed by atoms with Crippen LogP contribution in [0.15, 0.2) is 35.2 Å². The third kappa shape index (κ3) is 3.19. The summed E-state index contributed by atoms with van der Waals surface area (Å²) in [4.78, 5) is -0.148. The lowest BCUT2D eigenvalue weighted by atomic mass is 10.3. The fourth-order valence-corrected chi connectivity index (χ4v) is 4.09. The Hall–Kier alpha value is -1.83. The maximum Gasteiger partial charge on any atom is 0.263 e.